The highest BCUT2D eigenvalue weighted by Crippen LogP contribution is 2.37. The summed E-state index contributed by atoms with van der Waals surface area (Å²) in [5, 5.41) is 3.18. The quantitative estimate of drug-likeness (QED) is 0.611. The molecule has 0 aromatic heterocycles. The Bertz CT molecular complexity index is 956. The maximum absolute atomic E-state index is 12.8. The molecule has 0 fully saturated rings. The van der Waals surface area contributed by atoms with Crippen molar-refractivity contribution in [2.45, 2.75) is 25.0 Å². The van der Waals surface area contributed by atoms with Crippen molar-refractivity contribution in [1.29, 1.82) is 0 Å². The van der Waals surface area contributed by atoms with Gasteiger partial charge in [0.05, 0.1) is 12.0 Å². The average Bonchev–Trinajstić information content (AvgIpc) is 2.78. The molecule has 148 valence electrons. The van der Waals surface area contributed by atoms with E-state index in [9.17, 15) is 4.79 Å². The van der Waals surface area contributed by atoms with Gasteiger partial charge in [0, 0.05) is 6.42 Å². The molecule has 4 rings (SSSR count). The molecule has 0 amide bonds. The van der Waals surface area contributed by atoms with Crippen LogP contribution in [-0.4, -0.2) is 19.4 Å². The number of nitrogens with one attached hydrogen (secondary N) is 1. The number of hydrogen-bond donors (Lipinski definition) is 1. The number of carbonyl (C=O) groups excluding carboxylic acids is 1. The lowest BCUT2D eigenvalue weighted by molar-refractivity contribution is 0.0848. The maximum atomic E-state index is 12.8. The highest BCUT2D eigenvalue weighted by atomic mass is 16.5. The van der Waals surface area contributed by atoms with Crippen molar-refractivity contribution >= 4 is 5.78 Å². The monoisotopic (exact) mass is 387 g/mol. The largest absolute Gasteiger partial charge is 0.486 e. The molecule has 0 saturated heterocycles. The smallest absolute Gasteiger partial charge is 0.170 e. The fraction of sp³-hybridized carbons (Fsp3) is 0.240. The topological polar surface area (TPSA) is 47.6 Å². The Morgan fingerprint density at radius 3 is 2.48 bits per heavy atom. The van der Waals surface area contributed by atoms with E-state index in [0.717, 1.165) is 24.1 Å². The first-order valence-corrected chi connectivity index (χ1v) is 9.99. The van der Waals surface area contributed by atoms with Crippen LogP contribution in [0.4, 0.5) is 0 Å². The molecule has 0 radical (unpaired) electrons. The molecule has 1 aliphatic rings. The number of carbonyl (C=O) groups is 1. The van der Waals surface area contributed by atoms with Crippen LogP contribution in [0.25, 0.3) is 0 Å². The van der Waals surface area contributed by atoms with E-state index in [1.165, 1.54) is 0 Å². The summed E-state index contributed by atoms with van der Waals surface area (Å²) in [6.45, 7) is 0.839. The van der Waals surface area contributed by atoms with E-state index in [2.05, 4.69) is 17.4 Å². The molecule has 1 heterocycles. The van der Waals surface area contributed by atoms with Gasteiger partial charge in [-0.15, -0.1) is 0 Å². The van der Waals surface area contributed by atoms with Gasteiger partial charge in [0.1, 0.15) is 23.7 Å². The van der Waals surface area contributed by atoms with Gasteiger partial charge >= 0.3 is 0 Å². The van der Waals surface area contributed by atoms with Gasteiger partial charge in [-0.05, 0) is 42.9 Å². The third-order valence-electron chi connectivity index (χ3n) is 5.17. The molecule has 4 heteroatoms. The molecular formula is C25H25NO3. The summed E-state index contributed by atoms with van der Waals surface area (Å²) in [4.78, 5) is 12.8. The minimum absolute atomic E-state index is 0.0806. The van der Waals surface area contributed by atoms with Gasteiger partial charge in [0.2, 0.25) is 0 Å². The second-order valence-electron chi connectivity index (χ2n) is 7.21. The van der Waals surface area contributed by atoms with Crippen molar-refractivity contribution in [2.75, 3.05) is 13.6 Å². The molecule has 29 heavy (non-hydrogen) atoms. The number of fused-ring (bicyclic) bond motifs is 1. The minimum Gasteiger partial charge on any atom is -0.486 e. The molecule has 0 spiro atoms. The Labute approximate surface area is 171 Å². The molecule has 2 atom stereocenters. The van der Waals surface area contributed by atoms with Crippen molar-refractivity contribution in [3.05, 3.63) is 95.6 Å². The Kier molecular flexibility index (Phi) is 5.92. The Hall–Kier alpha value is -3.11. The van der Waals surface area contributed by atoms with Gasteiger partial charge in [-0.1, -0.05) is 60.7 Å². The van der Waals surface area contributed by atoms with Crippen molar-refractivity contribution < 1.29 is 14.3 Å². The predicted octanol–water partition coefficient (Wildman–Crippen LogP) is 5.12. The van der Waals surface area contributed by atoms with E-state index in [0.29, 0.717) is 23.5 Å². The molecule has 4 nitrogen and oxygen atoms in total. The molecule has 0 aliphatic carbocycles. The zero-order valence-corrected chi connectivity index (χ0v) is 16.5. The molecular weight excluding hydrogens is 362 g/mol. The van der Waals surface area contributed by atoms with Crippen molar-refractivity contribution in [1.82, 2.24) is 5.32 Å². The Morgan fingerprint density at radius 2 is 1.76 bits per heavy atom. The number of hydrogen-bond acceptors (Lipinski definition) is 4. The second-order valence-corrected chi connectivity index (χ2v) is 7.21. The summed E-state index contributed by atoms with van der Waals surface area (Å²) in [6, 6.07) is 25.6. The van der Waals surface area contributed by atoms with Crippen molar-refractivity contribution in [2.24, 2.45) is 0 Å². The van der Waals surface area contributed by atoms with Crippen LogP contribution >= 0.6 is 0 Å². The second kappa shape index (κ2) is 8.93. The number of ether oxygens (including phenoxy) is 2. The SMILES string of the molecule is CNCCC(Oc1ccc2c(c1)C(=O)CC(c1ccccc1)O2)c1ccccc1. The minimum atomic E-state index is -0.240. The van der Waals surface area contributed by atoms with E-state index in [-0.39, 0.29) is 18.0 Å². The molecule has 0 bridgehead atoms. The molecule has 2 unspecified atom stereocenters. The molecule has 3 aromatic carbocycles. The fourth-order valence-corrected chi connectivity index (χ4v) is 3.63. The average molecular weight is 387 g/mol. The van der Waals surface area contributed by atoms with E-state index >= 15 is 0 Å². The normalized spacial score (nSPS) is 16.6. The van der Waals surface area contributed by atoms with Gasteiger partial charge < -0.3 is 14.8 Å². The third kappa shape index (κ3) is 4.49. The van der Waals surface area contributed by atoms with Crippen LogP contribution in [0.3, 0.4) is 0 Å². The molecule has 0 saturated carbocycles. The van der Waals surface area contributed by atoms with Crippen molar-refractivity contribution in [3.8, 4) is 11.5 Å². The summed E-state index contributed by atoms with van der Waals surface area (Å²) in [5.41, 5.74) is 2.73. The van der Waals surface area contributed by atoms with E-state index in [1.807, 2.05) is 73.8 Å². The van der Waals surface area contributed by atoms with Gasteiger partial charge in [-0.25, -0.2) is 0 Å². The number of benzene rings is 3. The summed E-state index contributed by atoms with van der Waals surface area (Å²) < 4.78 is 12.4. The van der Waals surface area contributed by atoms with Crippen LogP contribution < -0.4 is 14.8 Å². The summed E-state index contributed by atoms with van der Waals surface area (Å²) in [7, 11) is 1.93. The van der Waals surface area contributed by atoms with E-state index in [4.69, 9.17) is 9.47 Å². The lowest BCUT2D eigenvalue weighted by Crippen LogP contribution is -2.20. The standard InChI is InChI=1S/C25H25NO3/c1-26-15-14-23(18-8-4-2-5-9-18)28-20-12-13-24-21(16-20)22(27)17-25(29-24)19-10-6-3-7-11-19/h2-13,16,23,25-26H,14-15,17H2,1H3. The van der Waals surface area contributed by atoms with Gasteiger partial charge in [0.15, 0.2) is 5.78 Å². The summed E-state index contributed by atoms with van der Waals surface area (Å²) in [5.74, 6) is 1.38. The first-order chi connectivity index (χ1) is 14.2. The van der Waals surface area contributed by atoms with Crippen LogP contribution in [0.1, 0.15) is 46.5 Å². The zero-order chi connectivity index (χ0) is 20.1. The van der Waals surface area contributed by atoms with Gasteiger partial charge in [-0.2, -0.15) is 0 Å². The maximum Gasteiger partial charge on any atom is 0.170 e. The first-order valence-electron chi connectivity index (χ1n) is 9.99. The highest BCUT2D eigenvalue weighted by molar-refractivity contribution is 6.00. The van der Waals surface area contributed by atoms with Crippen LogP contribution in [0.2, 0.25) is 0 Å². The van der Waals surface area contributed by atoms with Crippen molar-refractivity contribution in [3.63, 3.8) is 0 Å². The van der Waals surface area contributed by atoms with Gasteiger partial charge in [-0.3, -0.25) is 4.79 Å². The third-order valence-corrected chi connectivity index (χ3v) is 5.17. The summed E-state index contributed by atoms with van der Waals surface area (Å²) in [6.07, 6.45) is 0.842. The molecule has 3 aromatic rings. The predicted molar refractivity (Wildman–Crippen MR) is 114 cm³/mol. The van der Waals surface area contributed by atoms with Crippen LogP contribution in [0, 0.1) is 0 Å². The molecule has 1 aliphatic heterocycles. The lowest BCUT2D eigenvalue weighted by Gasteiger charge is -2.26. The Morgan fingerprint density at radius 1 is 1.03 bits per heavy atom. The number of rotatable bonds is 7. The highest BCUT2D eigenvalue weighted by Gasteiger charge is 2.28. The number of Topliss-reactive ketones (excluding diaryl/α,β-unsaturated/α-hetero) is 1. The summed E-state index contributed by atoms with van der Waals surface area (Å²) >= 11 is 0. The first kappa shape index (κ1) is 19.2. The Balaban J connectivity index is 1.55. The zero-order valence-electron chi connectivity index (χ0n) is 16.5. The van der Waals surface area contributed by atoms with Crippen LogP contribution in [-0.2, 0) is 0 Å². The van der Waals surface area contributed by atoms with E-state index in [1.54, 1.807) is 0 Å². The van der Waals surface area contributed by atoms with Gasteiger partial charge in [0.25, 0.3) is 0 Å². The van der Waals surface area contributed by atoms with Crippen LogP contribution in [0.5, 0.6) is 11.5 Å². The molecule has 1 N–H and O–H groups in total. The van der Waals surface area contributed by atoms with Crippen LogP contribution in [0.15, 0.2) is 78.9 Å². The van der Waals surface area contributed by atoms with E-state index < -0.39 is 0 Å². The lowest BCUT2D eigenvalue weighted by atomic mass is 9.96. The fourth-order valence-electron chi connectivity index (χ4n) is 3.63. The number of ketones is 1.